The van der Waals surface area contributed by atoms with E-state index in [1.165, 1.54) is 0 Å². The topological polar surface area (TPSA) is 49.4 Å². The van der Waals surface area contributed by atoms with Crippen molar-refractivity contribution >= 4 is 0 Å². The van der Waals surface area contributed by atoms with E-state index in [-0.39, 0.29) is 30.3 Å². The van der Waals surface area contributed by atoms with Crippen LogP contribution in [-0.4, -0.2) is 49.2 Å². The number of nitrogens with zero attached hydrogens (tertiary/aromatic N) is 1. The summed E-state index contributed by atoms with van der Waals surface area (Å²) in [5, 5.41) is 1.94. The molecule has 1 heterocycles. The van der Waals surface area contributed by atoms with Crippen molar-refractivity contribution in [3.8, 4) is 0 Å². The van der Waals surface area contributed by atoms with Gasteiger partial charge in [0.05, 0.1) is 45.2 Å². The molecular formula is C36H39NO5. The minimum atomic E-state index is -0.399. The van der Waals surface area contributed by atoms with Gasteiger partial charge in [-0.1, -0.05) is 121 Å². The minimum Gasteiger partial charge on any atom is -0.370 e. The molecule has 2 aliphatic rings. The van der Waals surface area contributed by atoms with Gasteiger partial charge in [-0.25, -0.2) is 0 Å². The number of hydrogen-bond donors (Lipinski definition) is 0. The lowest BCUT2D eigenvalue weighted by atomic mass is 9.77. The number of likely N-dealkylation sites (N-methyl/N-ethyl adjacent to an activating group) is 1. The predicted octanol–water partition coefficient (Wildman–Crippen LogP) is 6.20. The maximum absolute atomic E-state index is 6.80. The summed E-state index contributed by atoms with van der Waals surface area (Å²) in [6.07, 6.45) is -1.34. The number of hydrogen-bond acceptors (Lipinski definition) is 6. The van der Waals surface area contributed by atoms with Crippen LogP contribution in [-0.2, 0) is 50.2 Å². The molecule has 6 heteroatoms. The molecule has 218 valence electrons. The van der Waals surface area contributed by atoms with Crippen LogP contribution in [0, 0.1) is 5.92 Å². The van der Waals surface area contributed by atoms with Crippen molar-refractivity contribution in [3.05, 3.63) is 144 Å². The van der Waals surface area contributed by atoms with Crippen molar-refractivity contribution in [3.63, 3.8) is 0 Å². The highest BCUT2D eigenvalue weighted by molar-refractivity contribution is 5.17. The summed E-state index contributed by atoms with van der Waals surface area (Å²) in [4.78, 5) is 6.15. The Balaban J connectivity index is 1.32. The maximum atomic E-state index is 6.80. The maximum Gasteiger partial charge on any atom is 0.114 e. The third kappa shape index (κ3) is 6.98. The van der Waals surface area contributed by atoms with E-state index in [2.05, 4.69) is 48.5 Å². The molecule has 2 fully saturated rings. The van der Waals surface area contributed by atoms with E-state index < -0.39 is 6.10 Å². The molecule has 1 aliphatic heterocycles. The largest absolute Gasteiger partial charge is 0.370 e. The van der Waals surface area contributed by atoms with Crippen LogP contribution in [0.5, 0.6) is 0 Å². The van der Waals surface area contributed by atoms with E-state index in [4.69, 9.17) is 23.8 Å². The molecule has 42 heavy (non-hydrogen) atoms. The summed E-state index contributed by atoms with van der Waals surface area (Å²) < 4.78 is 27.1. The van der Waals surface area contributed by atoms with Crippen LogP contribution in [0.15, 0.2) is 121 Å². The number of ether oxygens (including phenoxy) is 4. The van der Waals surface area contributed by atoms with Crippen molar-refractivity contribution < 1.29 is 23.8 Å². The normalized spacial score (nSPS) is 25.7. The first-order valence-electron chi connectivity index (χ1n) is 14.7. The van der Waals surface area contributed by atoms with E-state index in [0.29, 0.717) is 33.0 Å². The second kappa shape index (κ2) is 14.2. The lowest BCUT2D eigenvalue weighted by Gasteiger charge is -2.48. The van der Waals surface area contributed by atoms with Crippen LogP contribution in [0.2, 0.25) is 0 Å². The fraction of sp³-hybridized carbons (Fsp3) is 0.333. The van der Waals surface area contributed by atoms with E-state index in [1.807, 2.05) is 84.9 Å². The molecule has 0 aromatic heterocycles. The van der Waals surface area contributed by atoms with Gasteiger partial charge in [0.1, 0.15) is 18.3 Å². The summed E-state index contributed by atoms with van der Waals surface area (Å²) in [6, 6.07) is 41.0. The molecular weight excluding hydrogens is 526 g/mol. The molecule has 6 atom stereocenters. The fourth-order valence-corrected chi connectivity index (χ4v) is 6.07. The molecule has 0 amide bonds. The Morgan fingerprint density at radius 3 is 1.24 bits per heavy atom. The highest BCUT2D eigenvalue weighted by atomic mass is 16.7. The van der Waals surface area contributed by atoms with Crippen LogP contribution in [0.25, 0.3) is 0 Å². The van der Waals surface area contributed by atoms with E-state index in [9.17, 15) is 0 Å². The number of benzene rings is 4. The Kier molecular flexibility index (Phi) is 9.72. The Hall–Kier alpha value is -3.36. The second-order valence-corrected chi connectivity index (χ2v) is 11.0. The first-order chi connectivity index (χ1) is 20.8. The summed E-state index contributed by atoms with van der Waals surface area (Å²) in [7, 11) is 1.98. The van der Waals surface area contributed by atoms with E-state index >= 15 is 0 Å². The molecule has 4 aromatic carbocycles. The van der Waals surface area contributed by atoms with Crippen molar-refractivity contribution in [2.45, 2.75) is 56.9 Å². The van der Waals surface area contributed by atoms with Gasteiger partial charge in [0, 0.05) is 13.0 Å². The van der Waals surface area contributed by atoms with E-state index in [1.54, 1.807) is 0 Å². The van der Waals surface area contributed by atoms with Crippen molar-refractivity contribution in [1.29, 1.82) is 0 Å². The van der Waals surface area contributed by atoms with Crippen molar-refractivity contribution in [2.75, 3.05) is 13.7 Å². The Labute approximate surface area is 248 Å². The average Bonchev–Trinajstić information content (AvgIpc) is 3.44. The fourth-order valence-electron chi connectivity index (χ4n) is 6.07. The van der Waals surface area contributed by atoms with Crippen LogP contribution < -0.4 is 0 Å². The molecule has 0 unspecified atom stereocenters. The lowest BCUT2D eigenvalue weighted by Crippen LogP contribution is -2.65. The second-order valence-electron chi connectivity index (χ2n) is 11.0. The summed E-state index contributed by atoms with van der Waals surface area (Å²) in [5.74, 6) is 0.0387. The zero-order chi connectivity index (χ0) is 28.6. The average molecular weight is 566 g/mol. The summed E-state index contributed by atoms with van der Waals surface area (Å²) in [5.41, 5.74) is 4.43. The van der Waals surface area contributed by atoms with Crippen LogP contribution >= 0.6 is 0 Å². The van der Waals surface area contributed by atoms with Gasteiger partial charge in [-0.3, -0.25) is 4.84 Å². The molecule has 4 aromatic rings. The molecule has 0 spiro atoms. The molecule has 6 rings (SSSR count). The van der Waals surface area contributed by atoms with Crippen molar-refractivity contribution in [1.82, 2.24) is 5.06 Å². The molecule has 1 saturated heterocycles. The van der Waals surface area contributed by atoms with E-state index in [0.717, 1.165) is 22.3 Å². The standard InChI is InChI=1S/C36H39NO5/c1-37-32-31(26-42-37)33(38-22-27-14-6-2-7-15-27)35(40-24-29-18-10-4-11-19-29)36(41-25-30-20-12-5-13-21-30)34(32)39-23-28-16-8-3-9-17-28/h2-21,31-36H,22-26H2,1H3/t31-,32-,33+,34-,35-,36-/m1/s1. The number of rotatable bonds is 12. The van der Waals surface area contributed by atoms with Crippen LogP contribution in [0.4, 0.5) is 0 Å². The van der Waals surface area contributed by atoms with Gasteiger partial charge in [-0.2, -0.15) is 5.06 Å². The Bertz CT molecular complexity index is 1340. The third-order valence-electron chi connectivity index (χ3n) is 8.20. The van der Waals surface area contributed by atoms with Gasteiger partial charge in [0.25, 0.3) is 0 Å². The minimum absolute atomic E-state index is 0.0387. The van der Waals surface area contributed by atoms with Gasteiger partial charge in [-0.15, -0.1) is 0 Å². The third-order valence-corrected chi connectivity index (χ3v) is 8.20. The smallest absolute Gasteiger partial charge is 0.114 e. The van der Waals surface area contributed by atoms with Gasteiger partial charge in [0.2, 0.25) is 0 Å². The Morgan fingerprint density at radius 2 is 0.833 bits per heavy atom. The molecule has 6 nitrogen and oxygen atoms in total. The molecule has 1 saturated carbocycles. The van der Waals surface area contributed by atoms with Gasteiger partial charge < -0.3 is 18.9 Å². The highest BCUT2D eigenvalue weighted by Crippen LogP contribution is 2.41. The van der Waals surface area contributed by atoms with Crippen molar-refractivity contribution in [2.24, 2.45) is 5.92 Å². The van der Waals surface area contributed by atoms with Gasteiger partial charge in [0.15, 0.2) is 0 Å². The van der Waals surface area contributed by atoms with Crippen LogP contribution in [0.3, 0.4) is 0 Å². The quantitative estimate of drug-likeness (QED) is 0.204. The zero-order valence-corrected chi connectivity index (χ0v) is 24.0. The number of hydroxylamine groups is 2. The molecule has 0 radical (unpaired) electrons. The molecule has 0 N–H and O–H groups in total. The first-order valence-corrected chi connectivity index (χ1v) is 14.7. The monoisotopic (exact) mass is 565 g/mol. The van der Waals surface area contributed by atoms with Crippen LogP contribution in [0.1, 0.15) is 22.3 Å². The summed E-state index contributed by atoms with van der Waals surface area (Å²) >= 11 is 0. The number of fused-ring (bicyclic) bond motifs is 1. The predicted molar refractivity (Wildman–Crippen MR) is 161 cm³/mol. The first kappa shape index (κ1) is 28.7. The van der Waals surface area contributed by atoms with Gasteiger partial charge in [-0.05, 0) is 22.3 Å². The molecule has 1 aliphatic carbocycles. The SMILES string of the molecule is CN1OC[C@H]2[C@H](OCc3ccccc3)[C@@H](OCc3ccccc3)[C@H](OCc3ccccc3)[C@H](OCc3ccccc3)[C@@H]21. The Morgan fingerprint density at radius 1 is 0.500 bits per heavy atom. The van der Waals surface area contributed by atoms with Gasteiger partial charge >= 0.3 is 0 Å². The summed E-state index contributed by atoms with van der Waals surface area (Å²) in [6.45, 7) is 2.36. The zero-order valence-electron chi connectivity index (χ0n) is 24.0. The highest BCUT2D eigenvalue weighted by Gasteiger charge is 2.57. The lowest BCUT2D eigenvalue weighted by molar-refractivity contribution is -0.247. The molecule has 0 bridgehead atoms.